The van der Waals surface area contributed by atoms with E-state index in [2.05, 4.69) is 19.1 Å². The number of amides is 1. The van der Waals surface area contributed by atoms with Gasteiger partial charge in [0.2, 0.25) is 0 Å². The second-order valence-electron chi connectivity index (χ2n) is 7.42. The molecule has 0 spiro atoms. The highest BCUT2D eigenvalue weighted by Crippen LogP contribution is 2.30. The van der Waals surface area contributed by atoms with Crippen LogP contribution in [0.3, 0.4) is 0 Å². The number of nitrogens with zero attached hydrogens (tertiary/aromatic N) is 1. The van der Waals surface area contributed by atoms with Gasteiger partial charge in [-0.2, -0.15) is 0 Å². The molecule has 1 fully saturated rings. The Labute approximate surface area is 134 Å². The molecule has 3 heteroatoms. The second kappa shape index (κ2) is 7.17. The fourth-order valence-corrected chi connectivity index (χ4v) is 3.18. The van der Waals surface area contributed by atoms with Crippen molar-refractivity contribution < 1.29 is 9.53 Å². The first-order valence-corrected chi connectivity index (χ1v) is 8.40. The third kappa shape index (κ3) is 4.75. The molecule has 2 unspecified atom stereocenters. The quantitative estimate of drug-likeness (QED) is 0.786. The summed E-state index contributed by atoms with van der Waals surface area (Å²) in [6, 6.07) is 10.5. The largest absolute Gasteiger partial charge is 0.444 e. The van der Waals surface area contributed by atoms with Crippen LogP contribution in [0.4, 0.5) is 4.79 Å². The van der Waals surface area contributed by atoms with Crippen LogP contribution in [0.5, 0.6) is 0 Å². The average Bonchev–Trinajstić information content (AvgIpc) is 2.45. The third-order valence-corrected chi connectivity index (χ3v) is 4.29. The number of benzene rings is 1. The van der Waals surface area contributed by atoms with E-state index in [1.807, 2.05) is 43.9 Å². The van der Waals surface area contributed by atoms with Gasteiger partial charge >= 0.3 is 6.09 Å². The molecule has 0 saturated heterocycles. The molecule has 0 aromatic heterocycles. The molecular formula is C19H29NO2. The lowest BCUT2D eigenvalue weighted by Gasteiger charge is -2.39. The Morgan fingerprint density at radius 2 is 1.82 bits per heavy atom. The van der Waals surface area contributed by atoms with Crippen LogP contribution in [0.15, 0.2) is 30.3 Å². The van der Waals surface area contributed by atoms with E-state index >= 15 is 0 Å². The fourth-order valence-electron chi connectivity index (χ4n) is 3.18. The van der Waals surface area contributed by atoms with Crippen LogP contribution in [0.25, 0.3) is 0 Å². The molecule has 1 aromatic carbocycles. The minimum Gasteiger partial charge on any atom is -0.444 e. The van der Waals surface area contributed by atoms with Crippen LogP contribution in [0, 0.1) is 5.92 Å². The van der Waals surface area contributed by atoms with Crippen molar-refractivity contribution in [1.82, 2.24) is 4.90 Å². The van der Waals surface area contributed by atoms with Crippen molar-refractivity contribution in [3.05, 3.63) is 35.9 Å². The van der Waals surface area contributed by atoms with Crippen LogP contribution >= 0.6 is 0 Å². The number of carbonyl (C=O) groups is 1. The zero-order valence-corrected chi connectivity index (χ0v) is 14.3. The van der Waals surface area contributed by atoms with Crippen LogP contribution in [0.1, 0.15) is 58.9 Å². The molecule has 1 amide bonds. The zero-order chi connectivity index (χ0) is 16.2. The van der Waals surface area contributed by atoms with Crippen molar-refractivity contribution in [2.45, 2.75) is 71.6 Å². The van der Waals surface area contributed by atoms with E-state index in [0.29, 0.717) is 12.5 Å². The Bertz CT molecular complexity index is 478. The minimum atomic E-state index is -0.454. The van der Waals surface area contributed by atoms with Gasteiger partial charge in [0.25, 0.3) is 0 Å². The predicted octanol–water partition coefficient (Wildman–Crippen LogP) is 5.00. The van der Waals surface area contributed by atoms with Gasteiger partial charge in [-0.05, 0) is 45.1 Å². The summed E-state index contributed by atoms with van der Waals surface area (Å²) in [4.78, 5) is 14.7. The molecule has 3 nitrogen and oxygen atoms in total. The highest BCUT2D eigenvalue weighted by Gasteiger charge is 2.33. The van der Waals surface area contributed by atoms with Gasteiger partial charge in [0.1, 0.15) is 5.60 Å². The van der Waals surface area contributed by atoms with E-state index in [4.69, 9.17) is 4.74 Å². The maximum Gasteiger partial charge on any atom is 0.410 e. The van der Waals surface area contributed by atoms with E-state index in [9.17, 15) is 4.79 Å². The lowest BCUT2D eigenvalue weighted by Crippen LogP contribution is -2.46. The highest BCUT2D eigenvalue weighted by molar-refractivity contribution is 5.68. The topological polar surface area (TPSA) is 29.5 Å². The van der Waals surface area contributed by atoms with E-state index < -0.39 is 5.60 Å². The Morgan fingerprint density at radius 3 is 2.41 bits per heavy atom. The molecule has 0 heterocycles. The maximum atomic E-state index is 12.7. The summed E-state index contributed by atoms with van der Waals surface area (Å²) in [5.41, 5.74) is 0.704. The van der Waals surface area contributed by atoms with Crippen molar-refractivity contribution in [3.8, 4) is 0 Å². The fraction of sp³-hybridized carbons (Fsp3) is 0.632. The lowest BCUT2D eigenvalue weighted by atomic mass is 9.85. The van der Waals surface area contributed by atoms with E-state index in [1.54, 1.807) is 0 Å². The van der Waals surface area contributed by atoms with Gasteiger partial charge in [0.15, 0.2) is 0 Å². The van der Waals surface area contributed by atoms with Gasteiger partial charge in [0.05, 0.1) is 0 Å². The number of rotatable bonds is 3. The average molecular weight is 303 g/mol. The van der Waals surface area contributed by atoms with E-state index in [0.717, 1.165) is 12.0 Å². The molecular weight excluding hydrogens is 274 g/mol. The smallest absolute Gasteiger partial charge is 0.410 e. The molecule has 1 aromatic rings. The maximum absolute atomic E-state index is 12.7. The molecule has 2 rings (SSSR count). The Morgan fingerprint density at radius 1 is 1.18 bits per heavy atom. The predicted molar refractivity (Wildman–Crippen MR) is 89.6 cm³/mol. The van der Waals surface area contributed by atoms with Gasteiger partial charge in [0, 0.05) is 12.6 Å². The first-order valence-electron chi connectivity index (χ1n) is 8.40. The molecule has 0 radical (unpaired) electrons. The van der Waals surface area contributed by atoms with Gasteiger partial charge < -0.3 is 9.64 Å². The molecule has 0 bridgehead atoms. The van der Waals surface area contributed by atoms with Crippen LogP contribution in [-0.4, -0.2) is 22.6 Å². The van der Waals surface area contributed by atoms with Crippen LogP contribution < -0.4 is 0 Å². The molecule has 1 aliphatic rings. The van der Waals surface area contributed by atoms with Crippen LogP contribution in [0.2, 0.25) is 0 Å². The molecule has 0 N–H and O–H groups in total. The molecule has 1 saturated carbocycles. The first-order chi connectivity index (χ1) is 10.4. The van der Waals surface area contributed by atoms with Crippen molar-refractivity contribution in [2.75, 3.05) is 0 Å². The summed E-state index contributed by atoms with van der Waals surface area (Å²) in [6.45, 7) is 8.67. The van der Waals surface area contributed by atoms with Crippen molar-refractivity contribution in [3.63, 3.8) is 0 Å². The lowest BCUT2D eigenvalue weighted by molar-refractivity contribution is 0.00276. The third-order valence-electron chi connectivity index (χ3n) is 4.29. The summed E-state index contributed by atoms with van der Waals surface area (Å²) in [6.07, 6.45) is 4.55. The van der Waals surface area contributed by atoms with Gasteiger partial charge in [-0.1, -0.05) is 50.1 Å². The van der Waals surface area contributed by atoms with E-state index in [-0.39, 0.29) is 12.1 Å². The summed E-state index contributed by atoms with van der Waals surface area (Å²) in [5, 5.41) is 0. The monoisotopic (exact) mass is 303 g/mol. The van der Waals surface area contributed by atoms with Gasteiger partial charge in [-0.3, -0.25) is 0 Å². The Balaban J connectivity index is 2.17. The Kier molecular flexibility index (Phi) is 5.49. The molecule has 1 aliphatic carbocycles. The number of carbonyl (C=O) groups excluding carboxylic acids is 1. The zero-order valence-electron chi connectivity index (χ0n) is 14.3. The number of ether oxygens (including phenoxy) is 1. The van der Waals surface area contributed by atoms with E-state index in [1.165, 1.54) is 19.3 Å². The van der Waals surface area contributed by atoms with Gasteiger partial charge in [-0.15, -0.1) is 0 Å². The SMILES string of the molecule is CC1CCCCC1N(Cc1ccccc1)C(=O)OC(C)(C)C. The standard InChI is InChI=1S/C19H29NO2/c1-15-10-8-9-13-17(15)20(18(21)22-19(2,3)4)14-16-11-6-5-7-12-16/h5-7,11-12,15,17H,8-10,13-14H2,1-4H3. The Hall–Kier alpha value is -1.51. The van der Waals surface area contributed by atoms with Crippen molar-refractivity contribution in [2.24, 2.45) is 5.92 Å². The second-order valence-corrected chi connectivity index (χ2v) is 7.42. The molecule has 122 valence electrons. The van der Waals surface area contributed by atoms with Crippen molar-refractivity contribution in [1.29, 1.82) is 0 Å². The summed E-state index contributed by atoms with van der Waals surface area (Å²) < 4.78 is 5.66. The van der Waals surface area contributed by atoms with Crippen LogP contribution in [-0.2, 0) is 11.3 Å². The number of hydrogen-bond acceptors (Lipinski definition) is 2. The summed E-state index contributed by atoms with van der Waals surface area (Å²) in [5.74, 6) is 0.532. The molecule has 0 aliphatic heterocycles. The normalized spacial score (nSPS) is 22.2. The molecule has 2 atom stereocenters. The summed E-state index contributed by atoms with van der Waals surface area (Å²) >= 11 is 0. The minimum absolute atomic E-state index is 0.185. The highest BCUT2D eigenvalue weighted by atomic mass is 16.6. The molecule has 22 heavy (non-hydrogen) atoms. The first kappa shape index (κ1) is 16.9. The van der Waals surface area contributed by atoms with Gasteiger partial charge in [-0.25, -0.2) is 4.79 Å². The number of hydrogen-bond donors (Lipinski definition) is 0. The summed E-state index contributed by atoms with van der Waals surface area (Å²) in [7, 11) is 0. The van der Waals surface area contributed by atoms with Crippen molar-refractivity contribution >= 4 is 6.09 Å².